The van der Waals surface area contributed by atoms with Crippen LogP contribution in [0.5, 0.6) is 0 Å². The van der Waals surface area contributed by atoms with Crippen molar-refractivity contribution in [2.75, 3.05) is 6.54 Å². The molecule has 0 aliphatic rings. The zero-order valence-electron chi connectivity index (χ0n) is 8.75. The lowest BCUT2D eigenvalue weighted by Gasteiger charge is -2.22. The third kappa shape index (κ3) is 2.85. The Labute approximate surface area is 81.2 Å². The maximum atomic E-state index is 3.50. The van der Waals surface area contributed by atoms with Crippen molar-refractivity contribution in [2.45, 2.75) is 26.8 Å². The van der Waals surface area contributed by atoms with Gasteiger partial charge in [0.15, 0.2) is 0 Å². The van der Waals surface area contributed by atoms with Gasteiger partial charge in [0.2, 0.25) is 0 Å². The van der Waals surface area contributed by atoms with Crippen LogP contribution < -0.4 is 5.32 Å². The van der Waals surface area contributed by atoms with Crippen molar-refractivity contribution in [3.05, 3.63) is 35.9 Å². The molecular weight excluding hydrogens is 158 g/mol. The first kappa shape index (κ1) is 10.3. The molecule has 0 bridgehead atoms. The van der Waals surface area contributed by atoms with Gasteiger partial charge in [-0.15, -0.1) is 0 Å². The van der Waals surface area contributed by atoms with Gasteiger partial charge in [0, 0.05) is 6.04 Å². The average molecular weight is 177 g/mol. The molecule has 0 spiro atoms. The zero-order valence-corrected chi connectivity index (χ0v) is 8.75. The van der Waals surface area contributed by atoms with Crippen molar-refractivity contribution in [1.82, 2.24) is 5.32 Å². The summed E-state index contributed by atoms with van der Waals surface area (Å²) in [4.78, 5) is 0. The summed E-state index contributed by atoms with van der Waals surface area (Å²) >= 11 is 0. The van der Waals surface area contributed by atoms with Crippen molar-refractivity contribution < 1.29 is 0 Å². The van der Waals surface area contributed by atoms with Crippen LogP contribution in [0.2, 0.25) is 0 Å². The topological polar surface area (TPSA) is 12.0 Å². The van der Waals surface area contributed by atoms with Crippen molar-refractivity contribution in [3.63, 3.8) is 0 Å². The Balaban J connectivity index is 2.76. The van der Waals surface area contributed by atoms with E-state index in [4.69, 9.17) is 0 Å². The molecule has 0 fully saturated rings. The van der Waals surface area contributed by atoms with Gasteiger partial charge in [-0.1, -0.05) is 51.1 Å². The minimum absolute atomic E-state index is 0.492. The van der Waals surface area contributed by atoms with E-state index in [0.29, 0.717) is 12.0 Å². The number of rotatable bonds is 4. The van der Waals surface area contributed by atoms with Crippen LogP contribution in [0.3, 0.4) is 0 Å². The summed E-state index contributed by atoms with van der Waals surface area (Å²) in [7, 11) is 0. The largest absolute Gasteiger partial charge is 0.310 e. The molecule has 1 aromatic rings. The molecule has 0 aliphatic heterocycles. The fourth-order valence-electron chi connectivity index (χ4n) is 1.62. The lowest BCUT2D eigenvalue weighted by atomic mass is 9.96. The Kier molecular flexibility index (Phi) is 3.97. The quantitative estimate of drug-likeness (QED) is 0.745. The SMILES string of the molecule is CCNC(c1ccccc1)C(C)C. The Morgan fingerprint density at radius 1 is 1.15 bits per heavy atom. The van der Waals surface area contributed by atoms with E-state index < -0.39 is 0 Å². The fourth-order valence-corrected chi connectivity index (χ4v) is 1.62. The Morgan fingerprint density at radius 3 is 2.23 bits per heavy atom. The molecule has 1 rings (SSSR count). The van der Waals surface area contributed by atoms with E-state index >= 15 is 0 Å². The highest BCUT2D eigenvalue weighted by molar-refractivity contribution is 5.19. The molecule has 0 saturated carbocycles. The molecule has 0 amide bonds. The Hall–Kier alpha value is -0.820. The van der Waals surface area contributed by atoms with E-state index in [-0.39, 0.29) is 0 Å². The molecule has 1 unspecified atom stereocenters. The number of nitrogens with one attached hydrogen (secondary N) is 1. The van der Waals surface area contributed by atoms with E-state index in [0.717, 1.165) is 6.54 Å². The van der Waals surface area contributed by atoms with Crippen molar-refractivity contribution in [3.8, 4) is 0 Å². The van der Waals surface area contributed by atoms with Gasteiger partial charge in [-0.3, -0.25) is 0 Å². The second-order valence-corrected chi connectivity index (χ2v) is 3.69. The van der Waals surface area contributed by atoms with Gasteiger partial charge in [-0.05, 0) is 18.0 Å². The molecule has 1 aromatic carbocycles. The third-order valence-corrected chi connectivity index (χ3v) is 2.25. The molecule has 13 heavy (non-hydrogen) atoms. The highest BCUT2D eigenvalue weighted by atomic mass is 14.9. The number of benzene rings is 1. The maximum absolute atomic E-state index is 3.50. The highest BCUT2D eigenvalue weighted by Crippen LogP contribution is 2.20. The summed E-state index contributed by atoms with van der Waals surface area (Å²) in [6.45, 7) is 7.68. The first-order valence-corrected chi connectivity index (χ1v) is 5.04. The predicted molar refractivity (Wildman–Crippen MR) is 57.7 cm³/mol. The zero-order chi connectivity index (χ0) is 9.68. The molecule has 1 nitrogen and oxygen atoms in total. The van der Waals surface area contributed by atoms with Crippen LogP contribution in [0.15, 0.2) is 30.3 Å². The summed E-state index contributed by atoms with van der Waals surface area (Å²) in [5.41, 5.74) is 1.39. The normalized spacial score (nSPS) is 13.2. The fraction of sp³-hybridized carbons (Fsp3) is 0.500. The molecule has 1 atom stereocenters. The molecule has 1 N–H and O–H groups in total. The molecule has 0 saturated heterocycles. The smallest absolute Gasteiger partial charge is 0.0343 e. The molecular formula is C12H19N. The first-order valence-electron chi connectivity index (χ1n) is 5.04. The lowest BCUT2D eigenvalue weighted by molar-refractivity contribution is 0.422. The van der Waals surface area contributed by atoms with Crippen LogP contribution in [-0.4, -0.2) is 6.54 Å². The molecule has 0 aliphatic carbocycles. The first-order chi connectivity index (χ1) is 6.25. The van der Waals surface area contributed by atoms with Gasteiger partial charge >= 0.3 is 0 Å². The summed E-state index contributed by atoms with van der Waals surface area (Å²) < 4.78 is 0. The molecule has 0 aromatic heterocycles. The van der Waals surface area contributed by atoms with Gasteiger partial charge in [0.1, 0.15) is 0 Å². The van der Waals surface area contributed by atoms with E-state index in [1.165, 1.54) is 5.56 Å². The average Bonchev–Trinajstić information content (AvgIpc) is 2.15. The van der Waals surface area contributed by atoms with Crippen LogP contribution in [0.25, 0.3) is 0 Å². The minimum Gasteiger partial charge on any atom is -0.310 e. The van der Waals surface area contributed by atoms with Gasteiger partial charge in [-0.25, -0.2) is 0 Å². The predicted octanol–water partition coefficient (Wildman–Crippen LogP) is 2.99. The van der Waals surface area contributed by atoms with Gasteiger partial charge in [0.05, 0.1) is 0 Å². The summed E-state index contributed by atoms with van der Waals surface area (Å²) in [6.07, 6.45) is 0. The molecule has 72 valence electrons. The summed E-state index contributed by atoms with van der Waals surface area (Å²) in [5.74, 6) is 0.641. The molecule has 0 radical (unpaired) electrons. The maximum Gasteiger partial charge on any atom is 0.0343 e. The van der Waals surface area contributed by atoms with E-state index in [1.54, 1.807) is 0 Å². The van der Waals surface area contributed by atoms with Crippen molar-refractivity contribution in [1.29, 1.82) is 0 Å². The number of hydrogen-bond donors (Lipinski definition) is 1. The van der Waals surface area contributed by atoms with Crippen LogP contribution in [0.1, 0.15) is 32.4 Å². The number of hydrogen-bond acceptors (Lipinski definition) is 1. The molecule has 1 heteroatoms. The summed E-state index contributed by atoms with van der Waals surface area (Å²) in [5, 5.41) is 3.50. The third-order valence-electron chi connectivity index (χ3n) is 2.25. The van der Waals surface area contributed by atoms with Crippen molar-refractivity contribution >= 4 is 0 Å². The summed E-state index contributed by atoms with van der Waals surface area (Å²) in [6, 6.07) is 11.1. The van der Waals surface area contributed by atoms with E-state index in [1.807, 2.05) is 0 Å². The second kappa shape index (κ2) is 5.03. The van der Waals surface area contributed by atoms with E-state index in [9.17, 15) is 0 Å². The van der Waals surface area contributed by atoms with Crippen LogP contribution in [0, 0.1) is 5.92 Å². The second-order valence-electron chi connectivity index (χ2n) is 3.69. The highest BCUT2D eigenvalue weighted by Gasteiger charge is 2.12. The van der Waals surface area contributed by atoms with Gasteiger partial charge < -0.3 is 5.32 Å². The monoisotopic (exact) mass is 177 g/mol. The van der Waals surface area contributed by atoms with Gasteiger partial charge in [-0.2, -0.15) is 0 Å². The minimum atomic E-state index is 0.492. The van der Waals surface area contributed by atoms with Crippen LogP contribution >= 0.6 is 0 Å². The molecule has 0 heterocycles. The van der Waals surface area contributed by atoms with Crippen molar-refractivity contribution in [2.24, 2.45) is 5.92 Å². The Bertz CT molecular complexity index is 228. The lowest BCUT2D eigenvalue weighted by Crippen LogP contribution is -2.25. The van der Waals surface area contributed by atoms with Gasteiger partial charge in [0.25, 0.3) is 0 Å². The van der Waals surface area contributed by atoms with Crippen LogP contribution in [-0.2, 0) is 0 Å². The van der Waals surface area contributed by atoms with Crippen LogP contribution in [0.4, 0.5) is 0 Å². The standard InChI is InChI=1S/C12H19N/c1-4-13-12(10(2)3)11-8-6-5-7-9-11/h5-10,12-13H,4H2,1-3H3. The Morgan fingerprint density at radius 2 is 1.77 bits per heavy atom. The van der Waals surface area contributed by atoms with E-state index in [2.05, 4.69) is 56.4 Å².